The number of ether oxygens (including phenoxy) is 4. The van der Waals surface area contributed by atoms with Gasteiger partial charge in [0.1, 0.15) is 18.1 Å². The second-order valence-electron chi connectivity index (χ2n) is 9.41. The standard InChI is InChI=1S/C33H30F3NO6/c1-5-16-42-32(39)30(41-6-2)19-23-9-7-8-22(17-23)18-27-21(3)37(31(38)24-10-12-25(40-4)13-11-24)29-15-14-26(20-28(27)29)43-33(34,35)36/h5,7-15,17,19-20H,1,6,16,18H2,2-4H3. The molecule has 0 amide bonds. The maximum Gasteiger partial charge on any atom is 0.573 e. The van der Waals surface area contributed by atoms with Gasteiger partial charge < -0.3 is 18.9 Å². The number of alkyl halides is 3. The van der Waals surface area contributed by atoms with Crippen molar-refractivity contribution < 1.29 is 41.7 Å². The van der Waals surface area contributed by atoms with Gasteiger partial charge in [0.25, 0.3) is 5.91 Å². The zero-order valence-corrected chi connectivity index (χ0v) is 23.9. The van der Waals surface area contributed by atoms with E-state index in [9.17, 15) is 22.8 Å². The molecule has 0 saturated heterocycles. The molecule has 0 N–H and O–H groups in total. The first kappa shape index (κ1) is 31.0. The molecule has 43 heavy (non-hydrogen) atoms. The summed E-state index contributed by atoms with van der Waals surface area (Å²) in [4.78, 5) is 26.1. The van der Waals surface area contributed by atoms with Gasteiger partial charge in [-0.3, -0.25) is 9.36 Å². The average molecular weight is 594 g/mol. The molecule has 0 radical (unpaired) electrons. The van der Waals surface area contributed by atoms with Crippen LogP contribution in [0.5, 0.6) is 11.5 Å². The van der Waals surface area contributed by atoms with Crippen LogP contribution in [0.2, 0.25) is 0 Å². The molecule has 0 unspecified atom stereocenters. The molecule has 0 fully saturated rings. The molecule has 4 aromatic rings. The third-order valence-corrected chi connectivity index (χ3v) is 6.54. The molecule has 0 atom stereocenters. The van der Waals surface area contributed by atoms with Gasteiger partial charge >= 0.3 is 12.3 Å². The molecule has 4 rings (SSSR count). The number of nitrogens with zero attached hydrogens (tertiary/aromatic N) is 1. The molecular weight excluding hydrogens is 563 g/mol. The number of aromatic nitrogens is 1. The zero-order chi connectivity index (χ0) is 31.1. The third-order valence-electron chi connectivity index (χ3n) is 6.54. The number of halogens is 3. The van der Waals surface area contributed by atoms with Crippen LogP contribution in [-0.4, -0.2) is 43.1 Å². The number of carbonyl (C=O) groups is 2. The predicted molar refractivity (Wildman–Crippen MR) is 156 cm³/mol. The minimum Gasteiger partial charge on any atom is -0.497 e. The van der Waals surface area contributed by atoms with E-state index in [1.807, 2.05) is 12.1 Å². The van der Waals surface area contributed by atoms with Crippen LogP contribution >= 0.6 is 0 Å². The van der Waals surface area contributed by atoms with Gasteiger partial charge in [0.15, 0.2) is 0 Å². The number of rotatable bonds is 11. The number of benzene rings is 3. The van der Waals surface area contributed by atoms with Crippen LogP contribution in [-0.2, 0) is 20.7 Å². The fourth-order valence-corrected chi connectivity index (χ4v) is 4.68. The number of fused-ring (bicyclic) bond motifs is 1. The van der Waals surface area contributed by atoms with Crippen molar-refractivity contribution in [2.45, 2.75) is 26.6 Å². The fourth-order valence-electron chi connectivity index (χ4n) is 4.68. The summed E-state index contributed by atoms with van der Waals surface area (Å²) in [6, 6.07) is 17.7. The van der Waals surface area contributed by atoms with Gasteiger partial charge in [-0.15, -0.1) is 13.2 Å². The van der Waals surface area contributed by atoms with Gasteiger partial charge in [-0.2, -0.15) is 0 Å². The Morgan fingerprint density at radius 2 is 1.70 bits per heavy atom. The minimum absolute atomic E-state index is 0.0216. The highest BCUT2D eigenvalue weighted by Gasteiger charge is 2.31. The molecule has 224 valence electrons. The van der Waals surface area contributed by atoms with E-state index in [-0.39, 0.29) is 31.3 Å². The van der Waals surface area contributed by atoms with Gasteiger partial charge in [-0.25, -0.2) is 4.79 Å². The van der Waals surface area contributed by atoms with Gasteiger partial charge in [-0.1, -0.05) is 36.9 Å². The molecule has 1 heterocycles. The summed E-state index contributed by atoms with van der Waals surface area (Å²) in [7, 11) is 1.52. The highest BCUT2D eigenvalue weighted by Crippen LogP contribution is 2.34. The van der Waals surface area contributed by atoms with E-state index in [0.29, 0.717) is 39.0 Å². The van der Waals surface area contributed by atoms with Crippen LogP contribution in [0.1, 0.15) is 39.7 Å². The molecule has 0 saturated carbocycles. The van der Waals surface area contributed by atoms with Crippen molar-refractivity contribution in [1.29, 1.82) is 0 Å². The largest absolute Gasteiger partial charge is 0.573 e. The van der Waals surface area contributed by atoms with Crippen LogP contribution in [0.25, 0.3) is 17.0 Å². The van der Waals surface area contributed by atoms with E-state index in [1.165, 1.54) is 36.0 Å². The maximum atomic E-state index is 13.7. The molecule has 10 heteroatoms. The van der Waals surface area contributed by atoms with E-state index in [0.717, 1.165) is 5.56 Å². The Bertz CT molecular complexity index is 1670. The van der Waals surface area contributed by atoms with Gasteiger partial charge in [-0.05, 0) is 85.5 Å². The summed E-state index contributed by atoms with van der Waals surface area (Å²) in [6.45, 7) is 7.30. The summed E-state index contributed by atoms with van der Waals surface area (Å²) in [6.07, 6.45) is -1.61. The Balaban J connectivity index is 1.78. The Morgan fingerprint density at radius 1 is 0.977 bits per heavy atom. The first-order valence-corrected chi connectivity index (χ1v) is 13.3. The summed E-state index contributed by atoms with van der Waals surface area (Å²) in [5.74, 6) is -0.785. The van der Waals surface area contributed by atoms with Crippen molar-refractivity contribution in [3.63, 3.8) is 0 Å². The summed E-state index contributed by atoms with van der Waals surface area (Å²) < 4.78 is 60.6. The molecule has 3 aromatic carbocycles. The first-order chi connectivity index (χ1) is 20.5. The van der Waals surface area contributed by atoms with Crippen molar-refractivity contribution in [2.24, 2.45) is 0 Å². The molecule has 0 spiro atoms. The van der Waals surface area contributed by atoms with E-state index in [2.05, 4.69) is 11.3 Å². The fraction of sp³-hybridized carbons (Fsp3) is 0.212. The SMILES string of the molecule is C=CCOC(=O)C(=Cc1cccc(Cc2c(C)n(C(=O)c3ccc(OC)cc3)c3ccc(OC(F)(F)F)cc23)c1)OCC. The number of esters is 1. The molecule has 0 bridgehead atoms. The normalized spacial score (nSPS) is 11.7. The molecule has 7 nitrogen and oxygen atoms in total. The molecule has 0 aliphatic rings. The molecule has 0 aliphatic carbocycles. The topological polar surface area (TPSA) is 76.0 Å². The molecule has 1 aromatic heterocycles. The number of methoxy groups -OCH3 is 1. The van der Waals surface area contributed by atoms with Crippen LogP contribution in [0.4, 0.5) is 13.2 Å². The van der Waals surface area contributed by atoms with E-state index in [4.69, 9.17) is 14.2 Å². The van der Waals surface area contributed by atoms with Crippen molar-refractivity contribution >= 4 is 28.9 Å². The quantitative estimate of drug-likeness (QED) is 0.0790. The minimum atomic E-state index is -4.88. The lowest BCUT2D eigenvalue weighted by atomic mass is 10.00. The lowest BCUT2D eigenvalue weighted by Gasteiger charge is -2.10. The van der Waals surface area contributed by atoms with Crippen LogP contribution in [0.15, 0.2) is 85.1 Å². The monoisotopic (exact) mass is 593 g/mol. The second kappa shape index (κ2) is 13.3. The van der Waals surface area contributed by atoms with Gasteiger partial charge in [0.2, 0.25) is 5.76 Å². The van der Waals surface area contributed by atoms with E-state index >= 15 is 0 Å². The van der Waals surface area contributed by atoms with E-state index in [1.54, 1.807) is 56.3 Å². The number of hydrogen-bond acceptors (Lipinski definition) is 6. The lowest BCUT2D eigenvalue weighted by molar-refractivity contribution is -0.274. The van der Waals surface area contributed by atoms with E-state index < -0.39 is 18.1 Å². The van der Waals surface area contributed by atoms with Crippen LogP contribution in [0, 0.1) is 6.92 Å². The Kier molecular flexibility index (Phi) is 9.59. The van der Waals surface area contributed by atoms with Crippen molar-refractivity contribution in [1.82, 2.24) is 4.57 Å². The molecular formula is C33H30F3NO6. The smallest absolute Gasteiger partial charge is 0.497 e. The first-order valence-electron chi connectivity index (χ1n) is 13.3. The number of hydrogen-bond donors (Lipinski definition) is 0. The number of carbonyl (C=O) groups excluding carboxylic acids is 2. The van der Waals surface area contributed by atoms with Gasteiger partial charge in [0.05, 0.1) is 19.2 Å². The predicted octanol–water partition coefficient (Wildman–Crippen LogP) is 7.24. The highest BCUT2D eigenvalue weighted by molar-refractivity contribution is 6.04. The lowest BCUT2D eigenvalue weighted by Crippen LogP contribution is -2.17. The average Bonchev–Trinajstić information content (AvgIpc) is 3.24. The Morgan fingerprint density at radius 3 is 2.35 bits per heavy atom. The summed E-state index contributed by atoms with van der Waals surface area (Å²) in [5.41, 5.74) is 3.44. The van der Waals surface area contributed by atoms with Gasteiger partial charge in [0, 0.05) is 16.6 Å². The summed E-state index contributed by atoms with van der Waals surface area (Å²) >= 11 is 0. The maximum absolute atomic E-state index is 13.7. The van der Waals surface area contributed by atoms with Crippen molar-refractivity contribution in [3.8, 4) is 11.5 Å². The van der Waals surface area contributed by atoms with Crippen molar-refractivity contribution in [3.05, 3.63) is 113 Å². The zero-order valence-electron chi connectivity index (χ0n) is 23.9. The second-order valence-corrected chi connectivity index (χ2v) is 9.41. The van der Waals surface area contributed by atoms with Crippen LogP contribution < -0.4 is 9.47 Å². The third kappa shape index (κ3) is 7.45. The van der Waals surface area contributed by atoms with Crippen LogP contribution in [0.3, 0.4) is 0 Å². The Hall–Kier alpha value is -4.99. The highest BCUT2D eigenvalue weighted by atomic mass is 19.4. The summed E-state index contributed by atoms with van der Waals surface area (Å²) in [5, 5.41) is 0.435. The molecule has 0 aliphatic heterocycles. The van der Waals surface area contributed by atoms with Crippen molar-refractivity contribution in [2.75, 3.05) is 20.3 Å². The Labute approximate surface area is 246 Å².